The van der Waals surface area contributed by atoms with Gasteiger partial charge in [-0.05, 0) is 79.8 Å². The molecule has 0 aliphatic heterocycles. The topological polar surface area (TPSA) is 103 Å². The van der Waals surface area contributed by atoms with Crippen LogP contribution in [0.3, 0.4) is 0 Å². The first kappa shape index (κ1) is 29.9. The predicted molar refractivity (Wildman–Crippen MR) is 159 cm³/mol. The van der Waals surface area contributed by atoms with Gasteiger partial charge in [-0.15, -0.1) is 0 Å². The van der Waals surface area contributed by atoms with E-state index in [0.29, 0.717) is 23.6 Å². The van der Waals surface area contributed by atoms with Gasteiger partial charge in [0.2, 0.25) is 0 Å². The summed E-state index contributed by atoms with van der Waals surface area (Å²) in [6.07, 6.45) is 6.09. The van der Waals surface area contributed by atoms with Crippen LogP contribution >= 0.6 is 11.6 Å². The molecule has 0 bridgehead atoms. The fraction of sp³-hybridized carbons (Fsp3) is 0.355. The Morgan fingerprint density at radius 2 is 1.84 bits per heavy atom. The molecule has 45 heavy (non-hydrogen) atoms. The molecule has 9 nitrogen and oxygen atoms in total. The van der Waals surface area contributed by atoms with E-state index < -0.39 is 46.3 Å². The number of ketones is 1. The molecule has 3 heterocycles. The number of rotatable bonds is 7. The smallest absolute Gasteiger partial charge is 0.262 e. The average molecular weight is 657 g/mol. The molecule has 0 spiro atoms. The van der Waals surface area contributed by atoms with Crippen molar-refractivity contribution in [1.82, 2.24) is 28.9 Å². The lowest BCUT2D eigenvalue weighted by Gasteiger charge is -2.50. The van der Waals surface area contributed by atoms with Crippen molar-refractivity contribution in [2.24, 2.45) is 12.5 Å². The van der Waals surface area contributed by atoms with Gasteiger partial charge in [-0.1, -0.05) is 17.2 Å². The maximum absolute atomic E-state index is 14.5. The molecule has 4 aromatic rings. The molecular formula is C31H28ClF3N6O3S. The molecule has 0 amide bonds. The second-order valence-electron chi connectivity index (χ2n) is 12.0. The Labute approximate surface area is 262 Å². The number of sulfonamides is 1. The van der Waals surface area contributed by atoms with E-state index in [0.717, 1.165) is 16.8 Å². The first-order valence-corrected chi connectivity index (χ1v) is 16.3. The maximum Gasteiger partial charge on any atom is 0.262 e. The third-order valence-corrected chi connectivity index (χ3v) is 11.2. The quantitative estimate of drug-likeness (QED) is 0.239. The van der Waals surface area contributed by atoms with Crippen molar-refractivity contribution in [2.45, 2.75) is 61.6 Å². The monoisotopic (exact) mass is 656 g/mol. The van der Waals surface area contributed by atoms with Crippen LogP contribution in [0.5, 0.6) is 0 Å². The van der Waals surface area contributed by atoms with E-state index in [-0.39, 0.29) is 35.2 Å². The Hall–Kier alpha value is -3.81. The van der Waals surface area contributed by atoms with E-state index in [1.165, 1.54) is 45.6 Å². The van der Waals surface area contributed by atoms with Gasteiger partial charge in [0.1, 0.15) is 11.5 Å². The van der Waals surface area contributed by atoms with Gasteiger partial charge in [-0.25, -0.2) is 26.3 Å². The lowest BCUT2D eigenvalue weighted by atomic mass is 9.60. The van der Waals surface area contributed by atoms with Gasteiger partial charge in [0.15, 0.2) is 10.8 Å². The minimum atomic E-state index is -4.29. The summed E-state index contributed by atoms with van der Waals surface area (Å²) in [6.45, 7) is 0. The summed E-state index contributed by atoms with van der Waals surface area (Å²) in [7, 11) is -2.72. The van der Waals surface area contributed by atoms with Gasteiger partial charge in [0, 0.05) is 49.4 Å². The molecule has 2 fully saturated rings. The zero-order valence-electron chi connectivity index (χ0n) is 24.1. The molecule has 2 atom stereocenters. The molecule has 0 saturated heterocycles. The largest absolute Gasteiger partial charge is 0.291 e. The molecule has 1 aromatic carbocycles. The number of benzene rings is 1. The van der Waals surface area contributed by atoms with Gasteiger partial charge in [0.25, 0.3) is 15.9 Å². The third kappa shape index (κ3) is 5.10. The fourth-order valence-electron chi connectivity index (χ4n) is 7.00. The van der Waals surface area contributed by atoms with E-state index in [1.54, 1.807) is 36.1 Å². The molecule has 0 N–H and O–H groups in total. The summed E-state index contributed by atoms with van der Waals surface area (Å²) in [5.41, 5.74) is 1.74. The van der Waals surface area contributed by atoms with E-state index in [2.05, 4.69) is 15.2 Å². The number of fused-ring (bicyclic) bond motifs is 2. The van der Waals surface area contributed by atoms with Gasteiger partial charge in [0.05, 0.1) is 23.0 Å². The number of aryl methyl sites for hydroxylation is 1. The van der Waals surface area contributed by atoms with Crippen molar-refractivity contribution in [3.05, 3.63) is 94.4 Å². The van der Waals surface area contributed by atoms with Gasteiger partial charge in [-0.2, -0.15) is 14.5 Å². The SMILES string of the molecule is Cn1ccc(S(=O)(=O)N(C2CC(F)(F)C2)[C@H]2CCC3=Cc4c(cnn4-c4ccc(F)cc4)C[C@]3(C(=O)c3cc(Cl)ccn3)C2)n1. The summed E-state index contributed by atoms with van der Waals surface area (Å²) in [5.74, 6) is -3.70. The molecule has 3 aliphatic rings. The van der Waals surface area contributed by atoms with Crippen molar-refractivity contribution < 1.29 is 26.4 Å². The highest BCUT2D eigenvalue weighted by Gasteiger charge is 2.57. The van der Waals surface area contributed by atoms with Crippen LogP contribution in [0.25, 0.3) is 11.8 Å². The highest BCUT2D eigenvalue weighted by atomic mass is 35.5. The third-order valence-electron chi connectivity index (χ3n) is 9.11. The number of hydrogen-bond donors (Lipinski definition) is 0. The number of alkyl halides is 2. The maximum atomic E-state index is 14.5. The molecule has 14 heteroatoms. The molecule has 3 aliphatic carbocycles. The summed E-state index contributed by atoms with van der Waals surface area (Å²) >= 11 is 6.25. The number of nitrogens with zero attached hydrogens (tertiary/aromatic N) is 6. The van der Waals surface area contributed by atoms with Gasteiger partial charge in [-0.3, -0.25) is 14.5 Å². The van der Waals surface area contributed by atoms with Crippen LogP contribution in [-0.4, -0.2) is 61.1 Å². The number of allylic oxidation sites excluding steroid dienone is 1. The minimum Gasteiger partial charge on any atom is -0.291 e. The average Bonchev–Trinajstić information content (AvgIpc) is 3.61. The predicted octanol–water partition coefficient (Wildman–Crippen LogP) is 5.64. The summed E-state index contributed by atoms with van der Waals surface area (Å²) in [4.78, 5) is 18.9. The standard InChI is InChI=1S/C31H28ClF3N6O3S/c1-39-11-9-28(38-39)45(43,44)41(25-16-31(34,35)17-25)24-5-2-20-12-27-19(18-37-40(27)23-6-3-22(33)4-7-23)14-30(20,15-24)29(42)26-13-21(32)8-10-36-26/h3-4,6-13,18,24-25H,2,5,14-17H2,1H3/t24-,30-/m0/s1. The number of halogens is 4. The number of hydrogen-bond acceptors (Lipinski definition) is 6. The molecule has 3 aromatic heterocycles. The first-order chi connectivity index (χ1) is 21.4. The number of pyridine rings is 1. The van der Waals surface area contributed by atoms with Crippen molar-refractivity contribution in [2.75, 3.05) is 0 Å². The van der Waals surface area contributed by atoms with Crippen LogP contribution < -0.4 is 0 Å². The molecule has 0 radical (unpaired) electrons. The van der Waals surface area contributed by atoms with Crippen molar-refractivity contribution in [3.8, 4) is 5.69 Å². The fourth-order valence-corrected chi connectivity index (χ4v) is 8.96. The first-order valence-electron chi connectivity index (χ1n) is 14.5. The van der Waals surface area contributed by atoms with E-state index in [9.17, 15) is 26.4 Å². The Morgan fingerprint density at radius 3 is 2.51 bits per heavy atom. The van der Waals surface area contributed by atoms with Crippen LogP contribution in [0.15, 0.2) is 71.7 Å². The zero-order valence-corrected chi connectivity index (χ0v) is 25.6. The lowest BCUT2D eigenvalue weighted by molar-refractivity contribution is -0.116. The van der Waals surface area contributed by atoms with Crippen molar-refractivity contribution in [1.29, 1.82) is 0 Å². The zero-order chi connectivity index (χ0) is 31.7. The number of carbonyl (C=O) groups excluding carboxylic acids is 1. The molecule has 234 valence electrons. The lowest BCUT2D eigenvalue weighted by Crippen LogP contribution is -2.59. The van der Waals surface area contributed by atoms with Crippen LogP contribution in [0.2, 0.25) is 5.02 Å². The van der Waals surface area contributed by atoms with Gasteiger partial charge >= 0.3 is 0 Å². The Bertz CT molecular complexity index is 1950. The summed E-state index contributed by atoms with van der Waals surface area (Å²) < 4.78 is 74.4. The highest BCUT2D eigenvalue weighted by molar-refractivity contribution is 7.89. The molecule has 0 unspecified atom stereocenters. The minimum absolute atomic E-state index is 0.0428. The number of carbonyl (C=O) groups is 1. The van der Waals surface area contributed by atoms with E-state index in [4.69, 9.17) is 11.6 Å². The normalized spacial score (nSPS) is 22.8. The number of aromatic nitrogens is 5. The van der Waals surface area contributed by atoms with E-state index in [1.807, 2.05) is 6.08 Å². The Balaban J connectivity index is 1.33. The second kappa shape index (κ2) is 10.6. The Kier molecular flexibility index (Phi) is 7.06. The summed E-state index contributed by atoms with van der Waals surface area (Å²) in [6, 6.07) is 8.55. The summed E-state index contributed by atoms with van der Waals surface area (Å²) in [5, 5.41) is 8.72. The van der Waals surface area contributed by atoms with Crippen LogP contribution in [-0.2, 0) is 23.5 Å². The number of Topliss-reactive ketones (excluding diaryl/α,β-unsaturated/α-hetero) is 1. The second-order valence-corrected chi connectivity index (χ2v) is 14.3. The Morgan fingerprint density at radius 1 is 1.09 bits per heavy atom. The van der Waals surface area contributed by atoms with Crippen LogP contribution in [0.1, 0.15) is 53.8 Å². The highest BCUT2D eigenvalue weighted by Crippen LogP contribution is 2.53. The van der Waals surface area contributed by atoms with Crippen molar-refractivity contribution in [3.63, 3.8) is 0 Å². The van der Waals surface area contributed by atoms with E-state index >= 15 is 0 Å². The molecule has 2 saturated carbocycles. The molecular weight excluding hydrogens is 629 g/mol. The van der Waals surface area contributed by atoms with Crippen molar-refractivity contribution >= 4 is 33.5 Å². The van der Waals surface area contributed by atoms with Gasteiger partial charge < -0.3 is 0 Å². The van der Waals surface area contributed by atoms with Crippen LogP contribution in [0, 0.1) is 11.2 Å². The van der Waals surface area contributed by atoms with Crippen LogP contribution in [0.4, 0.5) is 13.2 Å². The molecule has 7 rings (SSSR count).